The predicted octanol–water partition coefficient (Wildman–Crippen LogP) is 5.15. The number of H-pyrrole nitrogens is 1. The van der Waals surface area contributed by atoms with Gasteiger partial charge in [-0.15, -0.1) is 0 Å². The standard InChI is InChI=1S/C27H30N4O3S/c1-3-18-9-7-8-16-30(18)23(32)17-35-27-29-24-21-10-5-6-11-22(21)28-25(24)26(33)31(27)19-12-14-20(15-13-19)34-4-2/h5-6,10-15,18,28H,3-4,7-9,16-17H2,1-2H3/t18-/m1/s1. The summed E-state index contributed by atoms with van der Waals surface area (Å²) in [4.78, 5) is 37.1. The first-order valence-electron chi connectivity index (χ1n) is 12.3. The molecule has 1 atom stereocenters. The number of aromatic nitrogens is 3. The average Bonchev–Trinajstić information content (AvgIpc) is 3.27. The highest BCUT2D eigenvalue weighted by Gasteiger charge is 2.26. The van der Waals surface area contributed by atoms with Crippen molar-refractivity contribution in [1.82, 2.24) is 19.4 Å². The van der Waals surface area contributed by atoms with E-state index in [-0.39, 0.29) is 17.2 Å². The molecule has 1 N–H and O–H groups in total. The van der Waals surface area contributed by atoms with E-state index in [4.69, 9.17) is 9.72 Å². The van der Waals surface area contributed by atoms with Crippen molar-refractivity contribution in [1.29, 1.82) is 0 Å². The molecule has 0 bridgehead atoms. The van der Waals surface area contributed by atoms with Gasteiger partial charge < -0.3 is 14.6 Å². The van der Waals surface area contributed by atoms with Crippen LogP contribution in [0.4, 0.5) is 0 Å². The molecule has 7 nitrogen and oxygen atoms in total. The van der Waals surface area contributed by atoms with Gasteiger partial charge in [0.15, 0.2) is 5.16 Å². The summed E-state index contributed by atoms with van der Waals surface area (Å²) in [6, 6.07) is 15.5. The number of amides is 1. The Morgan fingerprint density at radius 1 is 1.14 bits per heavy atom. The number of piperidine rings is 1. The van der Waals surface area contributed by atoms with E-state index in [1.807, 2.05) is 60.4 Å². The monoisotopic (exact) mass is 490 g/mol. The van der Waals surface area contributed by atoms with E-state index in [9.17, 15) is 9.59 Å². The van der Waals surface area contributed by atoms with Gasteiger partial charge in [0.2, 0.25) is 5.91 Å². The molecule has 0 radical (unpaired) electrons. The number of nitrogens with zero attached hydrogens (tertiary/aromatic N) is 3. The number of aromatic amines is 1. The van der Waals surface area contributed by atoms with Gasteiger partial charge >= 0.3 is 0 Å². The summed E-state index contributed by atoms with van der Waals surface area (Å²) in [5, 5.41) is 1.41. The number of fused-ring (bicyclic) bond motifs is 3. The Labute approximate surface area is 208 Å². The fourth-order valence-corrected chi connectivity index (χ4v) is 5.78. The van der Waals surface area contributed by atoms with Crippen LogP contribution in [-0.4, -0.2) is 50.3 Å². The third-order valence-electron chi connectivity index (χ3n) is 6.64. The smallest absolute Gasteiger partial charge is 0.283 e. The number of likely N-dealkylation sites (tertiary alicyclic amines) is 1. The normalized spacial score (nSPS) is 16.2. The van der Waals surface area contributed by atoms with Crippen LogP contribution in [0.2, 0.25) is 0 Å². The number of thioether (sulfide) groups is 1. The van der Waals surface area contributed by atoms with E-state index < -0.39 is 0 Å². The SMILES string of the molecule is CCOc1ccc(-n2c(SCC(=O)N3CCCC[C@H]3CC)nc3c([nH]c4ccccc43)c2=O)cc1. The summed E-state index contributed by atoms with van der Waals surface area (Å²) >= 11 is 1.33. The molecule has 8 heteroatoms. The van der Waals surface area contributed by atoms with Gasteiger partial charge in [-0.05, 0) is 62.9 Å². The van der Waals surface area contributed by atoms with Crippen LogP contribution in [0.5, 0.6) is 5.75 Å². The molecule has 1 saturated heterocycles. The number of hydrogen-bond donors (Lipinski definition) is 1. The lowest BCUT2D eigenvalue weighted by molar-refractivity contribution is -0.132. The van der Waals surface area contributed by atoms with Gasteiger partial charge in [0.25, 0.3) is 5.56 Å². The molecule has 1 amide bonds. The van der Waals surface area contributed by atoms with Crippen molar-refractivity contribution in [2.24, 2.45) is 0 Å². The minimum atomic E-state index is -0.185. The first-order chi connectivity index (χ1) is 17.1. The average molecular weight is 491 g/mol. The molecule has 4 aromatic rings. The maximum atomic E-state index is 13.7. The van der Waals surface area contributed by atoms with E-state index in [1.54, 1.807) is 4.57 Å². The molecule has 35 heavy (non-hydrogen) atoms. The van der Waals surface area contributed by atoms with E-state index in [1.165, 1.54) is 18.2 Å². The van der Waals surface area contributed by atoms with Crippen molar-refractivity contribution in [3.8, 4) is 11.4 Å². The number of carbonyl (C=O) groups excluding carboxylic acids is 1. The van der Waals surface area contributed by atoms with Gasteiger partial charge in [0.1, 0.15) is 16.8 Å². The van der Waals surface area contributed by atoms with Crippen LogP contribution in [0.15, 0.2) is 58.5 Å². The lowest BCUT2D eigenvalue weighted by Gasteiger charge is -2.35. The van der Waals surface area contributed by atoms with E-state index >= 15 is 0 Å². The fraction of sp³-hybridized carbons (Fsp3) is 0.370. The minimum absolute atomic E-state index is 0.105. The highest BCUT2D eigenvalue weighted by molar-refractivity contribution is 7.99. The summed E-state index contributed by atoms with van der Waals surface area (Å²) in [7, 11) is 0. The van der Waals surface area contributed by atoms with Crippen LogP contribution >= 0.6 is 11.8 Å². The predicted molar refractivity (Wildman–Crippen MR) is 141 cm³/mol. The molecule has 2 aromatic carbocycles. The number of nitrogens with one attached hydrogen (secondary N) is 1. The van der Waals surface area contributed by atoms with Crippen LogP contribution in [0.3, 0.4) is 0 Å². The quantitative estimate of drug-likeness (QED) is 0.286. The summed E-state index contributed by atoms with van der Waals surface area (Å²) in [6.07, 6.45) is 4.24. The molecule has 0 aliphatic carbocycles. The summed E-state index contributed by atoms with van der Waals surface area (Å²) < 4.78 is 7.17. The zero-order valence-electron chi connectivity index (χ0n) is 20.1. The molecule has 182 valence electrons. The molecule has 0 spiro atoms. The van der Waals surface area contributed by atoms with Crippen LogP contribution in [-0.2, 0) is 4.79 Å². The Kier molecular flexibility index (Phi) is 6.81. The van der Waals surface area contributed by atoms with Gasteiger partial charge in [-0.3, -0.25) is 14.2 Å². The molecular weight excluding hydrogens is 460 g/mol. The van der Waals surface area contributed by atoms with Crippen molar-refractivity contribution in [2.45, 2.75) is 50.7 Å². The number of para-hydroxylation sites is 1. The summed E-state index contributed by atoms with van der Waals surface area (Å²) in [5.74, 6) is 1.09. The number of rotatable bonds is 7. The van der Waals surface area contributed by atoms with Crippen molar-refractivity contribution in [3.63, 3.8) is 0 Å². The Morgan fingerprint density at radius 2 is 1.94 bits per heavy atom. The zero-order chi connectivity index (χ0) is 24.4. The molecule has 5 rings (SSSR count). The first kappa shape index (κ1) is 23.5. The maximum absolute atomic E-state index is 13.7. The first-order valence-corrected chi connectivity index (χ1v) is 13.3. The van der Waals surface area contributed by atoms with Crippen LogP contribution in [0, 0.1) is 0 Å². The van der Waals surface area contributed by atoms with E-state index in [0.717, 1.165) is 42.5 Å². The van der Waals surface area contributed by atoms with Gasteiger partial charge in [0.05, 0.1) is 18.0 Å². The number of ether oxygens (including phenoxy) is 1. The van der Waals surface area contributed by atoms with Crippen LogP contribution in [0.1, 0.15) is 39.5 Å². The highest BCUT2D eigenvalue weighted by Crippen LogP contribution is 2.28. The molecule has 2 aromatic heterocycles. The second-order valence-electron chi connectivity index (χ2n) is 8.79. The van der Waals surface area contributed by atoms with Crippen molar-refractivity contribution in [3.05, 3.63) is 58.9 Å². The lowest BCUT2D eigenvalue weighted by atomic mass is 10.0. The molecule has 0 unspecified atom stereocenters. The topological polar surface area (TPSA) is 80.2 Å². The van der Waals surface area contributed by atoms with Crippen molar-refractivity contribution < 1.29 is 9.53 Å². The maximum Gasteiger partial charge on any atom is 0.283 e. The third kappa shape index (κ3) is 4.55. The van der Waals surface area contributed by atoms with Gasteiger partial charge in [-0.25, -0.2) is 4.98 Å². The minimum Gasteiger partial charge on any atom is -0.494 e. The molecule has 1 aliphatic heterocycles. The third-order valence-corrected chi connectivity index (χ3v) is 7.57. The van der Waals surface area contributed by atoms with E-state index in [0.29, 0.717) is 34.5 Å². The van der Waals surface area contributed by atoms with E-state index in [2.05, 4.69) is 11.9 Å². The van der Waals surface area contributed by atoms with Crippen LogP contribution in [0.25, 0.3) is 27.6 Å². The number of hydrogen-bond acceptors (Lipinski definition) is 5. The van der Waals surface area contributed by atoms with Gasteiger partial charge in [-0.1, -0.05) is 36.9 Å². The lowest BCUT2D eigenvalue weighted by Crippen LogP contribution is -2.44. The molecular formula is C27H30N4O3S. The Balaban J connectivity index is 1.56. The second-order valence-corrected chi connectivity index (χ2v) is 9.73. The molecule has 1 aliphatic rings. The number of benzene rings is 2. The second kappa shape index (κ2) is 10.2. The Hall–Kier alpha value is -3.26. The van der Waals surface area contributed by atoms with Crippen molar-refractivity contribution >= 4 is 39.6 Å². The molecule has 1 fully saturated rings. The molecule has 0 saturated carbocycles. The fourth-order valence-electron chi connectivity index (χ4n) is 4.89. The zero-order valence-corrected chi connectivity index (χ0v) is 20.9. The largest absolute Gasteiger partial charge is 0.494 e. The molecule has 3 heterocycles. The number of carbonyl (C=O) groups is 1. The summed E-state index contributed by atoms with van der Waals surface area (Å²) in [6.45, 7) is 5.45. The Bertz CT molecular complexity index is 1410. The summed E-state index contributed by atoms with van der Waals surface area (Å²) in [5.41, 5.74) is 2.45. The van der Waals surface area contributed by atoms with Gasteiger partial charge in [-0.2, -0.15) is 0 Å². The Morgan fingerprint density at radius 3 is 2.71 bits per heavy atom. The van der Waals surface area contributed by atoms with Gasteiger partial charge in [0, 0.05) is 23.5 Å². The van der Waals surface area contributed by atoms with Crippen LogP contribution < -0.4 is 10.3 Å². The van der Waals surface area contributed by atoms with Crippen molar-refractivity contribution in [2.75, 3.05) is 18.9 Å². The highest BCUT2D eigenvalue weighted by atomic mass is 32.2.